The van der Waals surface area contributed by atoms with E-state index in [0.29, 0.717) is 18.1 Å². The molecule has 10 heteroatoms. The monoisotopic (exact) mass is 430 g/mol. The number of rotatable bonds is 5. The molecule has 0 amide bonds. The third-order valence-electron chi connectivity index (χ3n) is 5.39. The maximum Gasteiger partial charge on any atom is 0.341 e. The van der Waals surface area contributed by atoms with Crippen LogP contribution in [-0.4, -0.2) is 37.5 Å². The van der Waals surface area contributed by atoms with Crippen LogP contribution >= 0.6 is 11.8 Å². The number of nitrogens with zero attached hydrogens (tertiary/aromatic N) is 4. The summed E-state index contributed by atoms with van der Waals surface area (Å²) in [5.74, 6) is -3.14. The van der Waals surface area contributed by atoms with Crippen molar-refractivity contribution in [2.75, 3.05) is 11.4 Å². The summed E-state index contributed by atoms with van der Waals surface area (Å²) in [5.41, 5.74) is -1.62. The predicted molar refractivity (Wildman–Crippen MR) is 107 cm³/mol. The molecule has 1 N–H and O–H groups in total. The fourth-order valence-electron chi connectivity index (χ4n) is 3.70. The van der Waals surface area contributed by atoms with Gasteiger partial charge in [0.2, 0.25) is 5.43 Å². The zero-order valence-electron chi connectivity index (χ0n) is 15.6. The number of anilines is 1. The normalized spacial score (nSPS) is 18.5. The number of fused-ring (bicyclic) bond motifs is 1. The van der Waals surface area contributed by atoms with Gasteiger partial charge in [0.1, 0.15) is 17.1 Å². The Hall–Kier alpha value is -3.01. The summed E-state index contributed by atoms with van der Waals surface area (Å²) in [7, 11) is 0. The van der Waals surface area contributed by atoms with Gasteiger partial charge in [0, 0.05) is 31.2 Å². The van der Waals surface area contributed by atoms with Crippen LogP contribution in [0.2, 0.25) is 0 Å². The summed E-state index contributed by atoms with van der Waals surface area (Å²) in [6.45, 7) is 0.449. The van der Waals surface area contributed by atoms with Gasteiger partial charge in [0.05, 0.1) is 16.3 Å². The molecule has 154 valence electrons. The molecule has 2 fully saturated rings. The van der Waals surface area contributed by atoms with Gasteiger partial charge in [-0.2, -0.15) is 0 Å². The van der Waals surface area contributed by atoms with Crippen LogP contribution in [0, 0.1) is 11.6 Å². The number of carboxylic acids is 1. The van der Waals surface area contributed by atoms with Crippen molar-refractivity contribution in [3.8, 4) is 0 Å². The molecule has 3 heterocycles. The third kappa shape index (κ3) is 3.02. The highest BCUT2D eigenvalue weighted by Gasteiger charge is 2.36. The first kappa shape index (κ1) is 19.0. The highest BCUT2D eigenvalue weighted by atomic mass is 32.2. The first-order chi connectivity index (χ1) is 14.5. The van der Waals surface area contributed by atoms with Crippen LogP contribution in [0.25, 0.3) is 10.9 Å². The average molecular weight is 430 g/mol. The smallest absolute Gasteiger partial charge is 0.341 e. The Bertz CT molecular complexity index is 1230. The van der Waals surface area contributed by atoms with Gasteiger partial charge in [-0.15, -0.1) is 0 Å². The zero-order chi connectivity index (χ0) is 21.0. The van der Waals surface area contributed by atoms with E-state index in [-0.39, 0.29) is 28.0 Å². The van der Waals surface area contributed by atoms with Crippen LogP contribution < -0.4 is 10.3 Å². The zero-order valence-corrected chi connectivity index (χ0v) is 16.4. The lowest BCUT2D eigenvalue weighted by atomic mass is 10.1. The maximum absolute atomic E-state index is 15.6. The number of aromatic nitrogens is 3. The van der Waals surface area contributed by atoms with E-state index in [2.05, 4.69) is 9.97 Å². The molecule has 3 aromatic rings. The molecular formula is C20H16F2N4O3S. The summed E-state index contributed by atoms with van der Waals surface area (Å²) >= 11 is 1.31. The van der Waals surface area contributed by atoms with Crippen molar-refractivity contribution in [1.29, 1.82) is 0 Å². The minimum atomic E-state index is -1.41. The summed E-state index contributed by atoms with van der Waals surface area (Å²) in [4.78, 5) is 33.9. The van der Waals surface area contributed by atoms with Gasteiger partial charge in [-0.25, -0.2) is 23.5 Å². The van der Waals surface area contributed by atoms with E-state index in [9.17, 15) is 14.7 Å². The van der Waals surface area contributed by atoms with Crippen LogP contribution in [0.1, 0.15) is 35.7 Å². The van der Waals surface area contributed by atoms with Gasteiger partial charge in [-0.3, -0.25) is 4.79 Å². The van der Waals surface area contributed by atoms with Gasteiger partial charge in [-0.05, 0) is 31.4 Å². The Morgan fingerprint density at radius 1 is 1.20 bits per heavy atom. The topological polar surface area (TPSA) is 88.3 Å². The second-order valence-electron chi connectivity index (χ2n) is 7.32. The molecule has 2 aliphatic rings. The Morgan fingerprint density at radius 3 is 2.53 bits per heavy atom. The molecule has 5 rings (SSSR count). The summed E-state index contributed by atoms with van der Waals surface area (Å²) in [5, 5.41) is 9.35. The Kier molecular flexibility index (Phi) is 4.46. The maximum atomic E-state index is 15.6. The molecule has 1 unspecified atom stereocenters. The number of carboxylic acid groups (broad SMARTS) is 1. The Labute approximate surface area is 173 Å². The number of pyridine rings is 1. The van der Waals surface area contributed by atoms with E-state index in [1.54, 1.807) is 23.4 Å². The third-order valence-corrected chi connectivity index (χ3v) is 6.57. The second kappa shape index (κ2) is 7.05. The molecule has 30 heavy (non-hydrogen) atoms. The quantitative estimate of drug-likeness (QED) is 0.621. The molecule has 2 aromatic heterocycles. The molecule has 0 radical (unpaired) electrons. The molecule has 1 aromatic carbocycles. The Morgan fingerprint density at radius 2 is 1.93 bits per heavy atom. The molecule has 1 saturated heterocycles. The molecule has 1 aliphatic carbocycles. The van der Waals surface area contributed by atoms with Gasteiger partial charge in [0.15, 0.2) is 11.0 Å². The largest absolute Gasteiger partial charge is 0.477 e. The lowest BCUT2D eigenvalue weighted by Crippen LogP contribution is -2.46. The summed E-state index contributed by atoms with van der Waals surface area (Å²) in [6.07, 6.45) is 6.57. The number of hydrogen-bond donors (Lipinski definition) is 1. The number of benzene rings is 1. The number of aromatic carboxylic acids is 1. The van der Waals surface area contributed by atoms with Crippen molar-refractivity contribution < 1.29 is 18.7 Å². The average Bonchev–Trinajstić information content (AvgIpc) is 3.55. The van der Waals surface area contributed by atoms with E-state index in [0.717, 1.165) is 18.9 Å². The minimum Gasteiger partial charge on any atom is -0.477 e. The summed E-state index contributed by atoms with van der Waals surface area (Å²) < 4.78 is 32.1. The van der Waals surface area contributed by atoms with E-state index >= 15 is 8.78 Å². The van der Waals surface area contributed by atoms with Crippen LogP contribution in [0.15, 0.2) is 40.7 Å². The molecule has 0 bridgehead atoms. The van der Waals surface area contributed by atoms with Gasteiger partial charge < -0.3 is 14.6 Å². The van der Waals surface area contributed by atoms with Crippen LogP contribution in [0.4, 0.5) is 14.5 Å². The van der Waals surface area contributed by atoms with Gasteiger partial charge >= 0.3 is 5.97 Å². The summed E-state index contributed by atoms with van der Waals surface area (Å²) in [6, 6.07) is 2.55. The molecule has 1 saturated carbocycles. The van der Waals surface area contributed by atoms with Crippen LogP contribution in [0.3, 0.4) is 0 Å². The first-order valence-corrected chi connectivity index (χ1v) is 10.3. The SMILES string of the molecule is O=C(O)c1cn(C2CC2)c2c(F)c(N3CCC3Sc3ncccn3)c(F)cc2c1=O. The Balaban J connectivity index is 1.63. The molecule has 0 spiro atoms. The van der Waals surface area contributed by atoms with Crippen molar-refractivity contribution in [3.63, 3.8) is 0 Å². The fraction of sp³-hybridized carbons (Fsp3) is 0.300. The van der Waals surface area contributed by atoms with Crippen molar-refractivity contribution in [3.05, 3.63) is 58.1 Å². The predicted octanol–water partition coefficient (Wildman–Crippen LogP) is 3.43. The van der Waals surface area contributed by atoms with E-state index < -0.39 is 28.6 Å². The van der Waals surface area contributed by atoms with E-state index in [1.807, 2.05) is 0 Å². The first-order valence-electron chi connectivity index (χ1n) is 9.46. The highest BCUT2D eigenvalue weighted by molar-refractivity contribution is 7.99. The lowest BCUT2D eigenvalue weighted by Gasteiger charge is -2.42. The minimum absolute atomic E-state index is 0.0458. The van der Waals surface area contributed by atoms with Crippen molar-refractivity contribution in [2.24, 2.45) is 0 Å². The number of carbonyl (C=O) groups is 1. The second-order valence-corrected chi connectivity index (χ2v) is 8.46. The van der Waals surface area contributed by atoms with E-state index in [4.69, 9.17) is 0 Å². The molecule has 1 atom stereocenters. The van der Waals surface area contributed by atoms with Crippen LogP contribution in [-0.2, 0) is 0 Å². The van der Waals surface area contributed by atoms with Gasteiger partial charge in [0.25, 0.3) is 0 Å². The van der Waals surface area contributed by atoms with Gasteiger partial charge in [-0.1, -0.05) is 11.8 Å². The van der Waals surface area contributed by atoms with Crippen molar-refractivity contribution in [1.82, 2.24) is 14.5 Å². The molecule has 1 aliphatic heterocycles. The lowest BCUT2D eigenvalue weighted by molar-refractivity contribution is 0.0695. The standard InChI is InChI=1S/C20H16F2N4O3S/c21-13-8-11-16(26(10-2-3-10)9-12(18(11)27)19(28)29)15(22)17(13)25-7-4-14(25)30-20-23-5-1-6-24-20/h1,5-6,8-10,14H,2-4,7H2,(H,28,29). The number of thioether (sulfide) groups is 1. The fourth-order valence-corrected chi connectivity index (χ4v) is 4.75. The molecule has 7 nitrogen and oxygen atoms in total. The highest BCUT2D eigenvalue weighted by Crippen LogP contribution is 2.43. The van der Waals surface area contributed by atoms with E-state index in [1.165, 1.54) is 22.5 Å². The van der Waals surface area contributed by atoms with Crippen molar-refractivity contribution >= 4 is 34.3 Å². The number of hydrogen-bond acceptors (Lipinski definition) is 6. The van der Waals surface area contributed by atoms with Crippen LogP contribution in [0.5, 0.6) is 0 Å². The van der Waals surface area contributed by atoms with Crippen molar-refractivity contribution in [2.45, 2.75) is 35.8 Å². The number of halogens is 2. The molecular weight excluding hydrogens is 414 g/mol.